The summed E-state index contributed by atoms with van der Waals surface area (Å²) in [5.74, 6) is 0. The first-order valence-electron chi connectivity index (χ1n) is 8.93. The third-order valence-corrected chi connectivity index (χ3v) is 5.08. The van der Waals surface area contributed by atoms with Crippen molar-refractivity contribution in [2.75, 3.05) is 50.0 Å². The van der Waals surface area contributed by atoms with E-state index in [1.165, 1.54) is 11.3 Å². The first-order chi connectivity index (χ1) is 12.6. The van der Waals surface area contributed by atoms with Crippen molar-refractivity contribution in [1.82, 2.24) is 10.2 Å². The molecular formula is C20H25BrN4O. The monoisotopic (exact) mass is 416 g/mol. The number of urea groups is 1. The smallest absolute Gasteiger partial charge is 0.319 e. The molecule has 1 aliphatic heterocycles. The molecule has 0 bridgehead atoms. The first-order valence-corrected chi connectivity index (χ1v) is 9.72. The predicted molar refractivity (Wildman–Crippen MR) is 111 cm³/mol. The molecular weight excluding hydrogens is 392 g/mol. The van der Waals surface area contributed by atoms with Crippen LogP contribution in [0.25, 0.3) is 0 Å². The van der Waals surface area contributed by atoms with Crippen molar-refractivity contribution in [3.8, 4) is 0 Å². The zero-order valence-electron chi connectivity index (χ0n) is 15.0. The normalized spacial score (nSPS) is 14.9. The Balaban J connectivity index is 1.44. The van der Waals surface area contributed by atoms with Crippen molar-refractivity contribution in [2.24, 2.45) is 0 Å². The van der Waals surface area contributed by atoms with Gasteiger partial charge in [0.2, 0.25) is 0 Å². The first kappa shape index (κ1) is 18.7. The fourth-order valence-corrected chi connectivity index (χ4v) is 3.46. The zero-order chi connectivity index (χ0) is 18.4. The van der Waals surface area contributed by atoms with Crippen LogP contribution in [0.1, 0.15) is 5.56 Å². The van der Waals surface area contributed by atoms with E-state index in [-0.39, 0.29) is 6.03 Å². The summed E-state index contributed by atoms with van der Waals surface area (Å²) in [5, 5.41) is 5.79. The molecule has 0 radical (unpaired) electrons. The van der Waals surface area contributed by atoms with E-state index in [1.807, 2.05) is 24.3 Å². The van der Waals surface area contributed by atoms with E-state index in [0.717, 1.165) is 42.8 Å². The minimum Gasteiger partial charge on any atom is -0.369 e. The van der Waals surface area contributed by atoms with Gasteiger partial charge in [-0.3, -0.25) is 0 Å². The molecule has 1 aliphatic rings. The van der Waals surface area contributed by atoms with Crippen LogP contribution in [0.4, 0.5) is 16.2 Å². The Kier molecular flexibility index (Phi) is 6.52. The molecule has 2 amide bonds. The Morgan fingerprint density at radius 2 is 1.81 bits per heavy atom. The van der Waals surface area contributed by atoms with Crippen molar-refractivity contribution < 1.29 is 4.79 Å². The fraction of sp³-hybridized carbons (Fsp3) is 0.350. The Hall–Kier alpha value is -2.05. The summed E-state index contributed by atoms with van der Waals surface area (Å²) in [4.78, 5) is 16.8. The summed E-state index contributed by atoms with van der Waals surface area (Å²) in [6, 6.07) is 16.0. The lowest BCUT2D eigenvalue weighted by atomic mass is 10.1. The summed E-state index contributed by atoms with van der Waals surface area (Å²) >= 11 is 3.46. The number of benzene rings is 2. The molecule has 1 heterocycles. The fourth-order valence-electron chi connectivity index (χ4n) is 3.01. The Labute approximate surface area is 163 Å². The van der Waals surface area contributed by atoms with Crippen molar-refractivity contribution in [3.05, 3.63) is 58.6 Å². The minimum atomic E-state index is -0.174. The largest absolute Gasteiger partial charge is 0.369 e. The Bertz CT molecular complexity index is 727. The van der Waals surface area contributed by atoms with E-state index in [0.29, 0.717) is 6.54 Å². The molecule has 3 rings (SSSR count). The summed E-state index contributed by atoms with van der Waals surface area (Å²) in [6.45, 7) is 4.85. The van der Waals surface area contributed by atoms with Gasteiger partial charge >= 0.3 is 6.03 Å². The van der Waals surface area contributed by atoms with E-state index in [9.17, 15) is 4.79 Å². The van der Waals surface area contributed by atoms with Crippen LogP contribution in [0.15, 0.2) is 53.0 Å². The topological polar surface area (TPSA) is 47.6 Å². The molecule has 0 atom stereocenters. The molecule has 5 nitrogen and oxygen atoms in total. The number of nitrogens with one attached hydrogen (secondary N) is 2. The molecule has 6 heteroatoms. The molecule has 1 fully saturated rings. The van der Waals surface area contributed by atoms with Crippen LogP contribution >= 0.6 is 15.9 Å². The maximum absolute atomic E-state index is 12.0. The summed E-state index contributed by atoms with van der Waals surface area (Å²) < 4.78 is 1.06. The van der Waals surface area contributed by atoms with Gasteiger partial charge in [-0.05, 0) is 55.4 Å². The maximum atomic E-state index is 12.0. The van der Waals surface area contributed by atoms with E-state index < -0.39 is 0 Å². The van der Waals surface area contributed by atoms with Gasteiger partial charge in [-0.1, -0.05) is 28.1 Å². The number of nitrogens with zero attached hydrogens (tertiary/aromatic N) is 2. The van der Waals surface area contributed by atoms with Crippen molar-refractivity contribution in [2.45, 2.75) is 6.42 Å². The number of carbonyl (C=O) groups excluding carboxylic acids is 1. The van der Waals surface area contributed by atoms with E-state index in [2.05, 4.69) is 67.7 Å². The molecule has 0 aromatic heterocycles. The van der Waals surface area contributed by atoms with Crippen molar-refractivity contribution >= 4 is 33.3 Å². The number of carbonyl (C=O) groups is 1. The van der Waals surface area contributed by atoms with Gasteiger partial charge in [0, 0.05) is 48.6 Å². The lowest BCUT2D eigenvalue weighted by molar-refractivity contribution is 0.252. The van der Waals surface area contributed by atoms with Crippen LogP contribution in [0.3, 0.4) is 0 Å². The van der Waals surface area contributed by atoms with Crippen LogP contribution in [0.5, 0.6) is 0 Å². The molecule has 2 N–H and O–H groups in total. The molecule has 2 aromatic rings. The summed E-state index contributed by atoms with van der Waals surface area (Å²) in [7, 11) is 2.15. The summed E-state index contributed by atoms with van der Waals surface area (Å²) in [5.41, 5.74) is 3.21. The number of amides is 2. The molecule has 2 aromatic carbocycles. The Morgan fingerprint density at radius 3 is 2.50 bits per heavy atom. The molecule has 0 saturated carbocycles. The second kappa shape index (κ2) is 9.05. The van der Waals surface area contributed by atoms with Gasteiger partial charge in [-0.25, -0.2) is 4.79 Å². The quantitative estimate of drug-likeness (QED) is 0.782. The number of rotatable bonds is 5. The van der Waals surface area contributed by atoms with Gasteiger partial charge in [0.25, 0.3) is 0 Å². The second-order valence-electron chi connectivity index (χ2n) is 6.60. The van der Waals surface area contributed by atoms with Gasteiger partial charge in [0.1, 0.15) is 0 Å². The van der Waals surface area contributed by atoms with Crippen LogP contribution in [-0.4, -0.2) is 50.7 Å². The third-order valence-electron chi connectivity index (χ3n) is 4.58. The molecule has 0 spiro atoms. The number of hydrogen-bond donors (Lipinski definition) is 2. The van der Waals surface area contributed by atoms with Crippen LogP contribution in [0.2, 0.25) is 0 Å². The molecule has 138 valence electrons. The SMILES string of the molecule is CN1CCN(c2ccc(NC(=O)NCCc3cccc(Br)c3)cc2)CC1. The van der Waals surface area contributed by atoms with Gasteiger partial charge in [-0.15, -0.1) is 0 Å². The number of piperazine rings is 1. The number of likely N-dealkylation sites (N-methyl/N-ethyl adjacent to an activating group) is 1. The third kappa shape index (κ3) is 5.47. The average Bonchev–Trinajstić information content (AvgIpc) is 2.63. The van der Waals surface area contributed by atoms with E-state index >= 15 is 0 Å². The minimum absolute atomic E-state index is 0.174. The lowest BCUT2D eigenvalue weighted by Gasteiger charge is -2.34. The van der Waals surface area contributed by atoms with Gasteiger partial charge in [0.15, 0.2) is 0 Å². The van der Waals surface area contributed by atoms with Gasteiger partial charge < -0.3 is 20.4 Å². The van der Waals surface area contributed by atoms with Crippen molar-refractivity contribution in [3.63, 3.8) is 0 Å². The van der Waals surface area contributed by atoms with Crippen LogP contribution in [0, 0.1) is 0 Å². The highest BCUT2D eigenvalue weighted by Gasteiger charge is 2.14. The van der Waals surface area contributed by atoms with Crippen LogP contribution < -0.4 is 15.5 Å². The lowest BCUT2D eigenvalue weighted by Crippen LogP contribution is -2.44. The highest BCUT2D eigenvalue weighted by molar-refractivity contribution is 9.10. The highest BCUT2D eigenvalue weighted by atomic mass is 79.9. The van der Waals surface area contributed by atoms with Crippen LogP contribution in [-0.2, 0) is 6.42 Å². The summed E-state index contributed by atoms with van der Waals surface area (Å²) in [6.07, 6.45) is 0.801. The standard InChI is InChI=1S/C20H25BrN4O/c1-24-11-13-25(14-12-24)19-7-5-18(6-8-19)23-20(26)22-10-9-16-3-2-4-17(21)15-16/h2-8,15H,9-14H2,1H3,(H2,22,23,26). The van der Waals surface area contributed by atoms with Gasteiger partial charge in [-0.2, -0.15) is 0 Å². The Morgan fingerprint density at radius 1 is 1.08 bits per heavy atom. The predicted octanol–water partition coefficient (Wildman–Crippen LogP) is 3.57. The zero-order valence-corrected chi connectivity index (χ0v) is 16.6. The van der Waals surface area contributed by atoms with E-state index in [4.69, 9.17) is 0 Å². The molecule has 0 unspecified atom stereocenters. The highest BCUT2D eigenvalue weighted by Crippen LogP contribution is 2.19. The molecule has 1 saturated heterocycles. The number of hydrogen-bond acceptors (Lipinski definition) is 3. The molecule has 26 heavy (non-hydrogen) atoms. The second-order valence-corrected chi connectivity index (χ2v) is 7.51. The molecule has 0 aliphatic carbocycles. The van der Waals surface area contributed by atoms with Gasteiger partial charge in [0.05, 0.1) is 0 Å². The average molecular weight is 417 g/mol. The van der Waals surface area contributed by atoms with Crippen molar-refractivity contribution in [1.29, 1.82) is 0 Å². The van der Waals surface area contributed by atoms with E-state index in [1.54, 1.807) is 0 Å². The number of halogens is 1. The number of anilines is 2. The maximum Gasteiger partial charge on any atom is 0.319 e.